The fourth-order valence-electron chi connectivity index (χ4n) is 1.61. The molecule has 1 atom stereocenters. The summed E-state index contributed by atoms with van der Waals surface area (Å²) < 4.78 is 11.2. The highest BCUT2D eigenvalue weighted by Crippen LogP contribution is 2.16. The monoisotopic (exact) mass is 252 g/mol. The Morgan fingerprint density at radius 2 is 1.83 bits per heavy atom. The second kappa shape index (κ2) is 8.81. The first-order valence-electron chi connectivity index (χ1n) is 6.75. The maximum atomic E-state index is 9.14. The normalized spacial score (nSPS) is 12.3. The van der Waals surface area contributed by atoms with Crippen molar-refractivity contribution in [3.05, 3.63) is 24.3 Å². The first-order chi connectivity index (χ1) is 8.72. The highest BCUT2D eigenvalue weighted by Gasteiger charge is 2.02. The molecule has 0 amide bonds. The minimum atomic E-state index is 0.235. The Labute approximate surface area is 110 Å². The molecule has 1 rings (SSSR count). The van der Waals surface area contributed by atoms with Gasteiger partial charge in [-0.25, -0.2) is 0 Å². The summed E-state index contributed by atoms with van der Waals surface area (Å²) in [6, 6.07) is 6.78. The molecule has 18 heavy (non-hydrogen) atoms. The summed E-state index contributed by atoms with van der Waals surface area (Å²) in [4.78, 5) is 0. The zero-order valence-electron chi connectivity index (χ0n) is 11.4. The Bertz CT molecular complexity index is 308. The first kappa shape index (κ1) is 14.8. The number of hydrogen-bond acceptors (Lipinski definition) is 3. The Morgan fingerprint density at radius 1 is 1.11 bits per heavy atom. The van der Waals surface area contributed by atoms with Crippen molar-refractivity contribution in [2.45, 2.75) is 45.6 Å². The predicted molar refractivity (Wildman–Crippen MR) is 73.2 cm³/mol. The van der Waals surface area contributed by atoms with Gasteiger partial charge in [-0.05, 0) is 37.6 Å². The van der Waals surface area contributed by atoms with Crippen LogP contribution in [0.25, 0.3) is 0 Å². The number of phenols is 1. The van der Waals surface area contributed by atoms with Crippen molar-refractivity contribution in [2.24, 2.45) is 0 Å². The van der Waals surface area contributed by atoms with Crippen LogP contribution in [0.1, 0.15) is 39.5 Å². The number of benzene rings is 1. The van der Waals surface area contributed by atoms with E-state index in [1.807, 2.05) is 0 Å². The molecule has 0 saturated carbocycles. The van der Waals surface area contributed by atoms with Crippen LogP contribution >= 0.6 is 0 Å². The van der Waals surface area contributed by atoms with Crippen molar-refractivity contribution in [3.8, 4) is 11.5 Å². The summed E-state index contributed by atoms with van der Waals surface area (Å²) in [6.45, 7) is 5.75. The van der Waals surface area contributed by atoms with E-state index < -0.39 is 0 Å². The molecular formula is C15H24O3. The van der Waals surface area contributed by atoms with E-state index >= 15 is 0 Å². The average Bonchev–Trinajstić information content (AvgIpc) is 2.37. The van der Waals surface area contributed by atoms with Crippen LogP contribution in [-0.2, 0) is 4.74 Å². The first-order valence-corrected chi connectivity index (χ1v) is 6.75. The lowest BCUT2D eigenvalue weighted by atomic mass is 10.2. The zero-order chi connectivity index (χ0) is 13.2. The number of hydrogen-bond donors (Lipinski definition) is 1. The molecule has 3 nitrogen and oxygen atoms in total. The molecule has 0 spiro atoms. The number of phenolic OH excluding ortho intramolecular Hbond substituents is 1. The van der Waals surface area contributed by atoms with Gasteiger partial charge in [0.25, 0.3) is 0 Å². The third-order valence-electron chi connectivity index (χ3n) is 2.78. The van der Waals surface area contributed by atoms with E-state index in [1.54, 1.807) is 24.3 Å². The molecule has 0 radical (unpaired) electrons. The Morgan fingerprint density at radius 3 is 2.50 bits per heavy atom. The molecule has 1 N–H and O–H groups in total. The molecule has 0 aliphatic carbocycles. The third kappa shape index (κ3) is 6.50. The summed E-state index contributed by atoms with van der Waals surface area (Å²) in [6.07, 6.45) is 4.71. The van der Waals surface area contributed by atoms with E-state index in [2.05, 4.69) is 13.8 Å². The van der Waals surface area contributed by atoms with Gasteiger partial charge >= 0.3 is 0 Å². The molecule has 1 aromatic carbocycles. The fraction of sp³-hybridized carbons (Fsp3) is 0.600. The van der Waals surface area contributed by atoms with Crippen molar-refractivity contribution in [3.63, 3.8) is 0 Å². The molecule has 0 aliphatic heterocycles. The van der Waals surface area contributed by atoms with Crippen LogP contribution in [0.2, 0.25) is 0 Å². The summed E-state index contributed by atoms with van der Waals surface area (Å²) in [7, 11) is 0. The molecule has 1 unspecified atom stereocenters. The zero-order valence-corrected chi connectivity index (χ0v) is 11.4. The maximum Gasteiger partial charge on any atom is 0.119 e. The summed E-state index contributed by atoms with van der Waals surface area (Å²) >= 11 is 0. The predicted octanol–water partition coefficient (Wildman–Crippen LogP) is 3.76. The standard InChI is InChI=1S/C15H24O3/c1-3-4-5-11-17-13(2)10-12-18-15-8-6-14(16)7-9-15/h6-9,13,16H,3-5,10-12H2,1-2H3. The lowest BCUT2D eigenvalue weighted by Crippen LogP contribution is -2.13. The lowest BCUT2D eigenvalue weighted by Gasteiger charge is -2.13. The van der Waals surface area contributed by atoms with Gasteiger partial charge in [-0.15, -0.1) is 0 Å². The summed E-state index contributed by atoms with van der Waals surface area (Å²) in [5.41, 5.74) is 0. The molecule has 102 valence electrons. The van der Waals surface area contributed by atoms with Gasteiger partial charge in [0, 0.05) is 13.0 Å². The Hall–Kier alpha value is -1.22. The van der Waals surface area contributed by atoms with Crippen molar-refractivity contribution in [2.75, 3.05) is 13.2 Å². The van der Waals surface area contributed by atoms with Crippen LogP contribution in [0, 0.1) is 0 Å². The minimum absolute atomic E-state index is 0.235. The largest absolute Gasteiger partial charge is 0.508 e. The maximum absolute atomic E-state index is 9.14. The molecule has 0 saturated heterocycles. The molecule has 3 heteroatoms. The molecule has 0 bridgehead atoms. The fourth-order valence-corrected chi connectivity index (χ4v) is 1.61. The van der Waals surface area contributed by atoms with Gasteiger partial charge in [0.05, 0.1) is 12.7 Å². The number of ether oxygens (including phenoxy) is 2. The Kier molecular flexibility index (Phi) is 7.26. The smallest absolute Gasteiger partial charge is 0.119 e. The van der Waals surface area contributed by atoms with Gasteiger partial charge < -0.3 is 14.6 Å². The van der Waals surface area contributed by atoms with Crippen LogP contribution in [0.4, 0.5) is 0 Å². The van der Waals surface area contributed by atoms with E-state index in [0.717, 1.165) is 25.2 Å². The second-order valence-corrected chi connectivity index (χ2v) is 4.52. The molecule has 0 aliphatic rings. The number of rotatable bonds is 9. The van der Waals surface area contributed by atoms with Crippen molar-refractivity contribution in [1.82, 2.24) is 0 Å². The van der Waals surface area contributed by atoms with Crippen molar-refractivity contribution >= 4 is 0 Å². The quantitative estimate of drug-likeness (QED) is 0.680. The summed E-state index contributed by atoms with van der Waals surface area (Å²) in [5, 5.41) is 9.14. The minimum Gasteiger partial charge on any atom is -0.508 e. The molecule has 1 aromatic rings. The molecule has 0 aromatic heterocycles. The highest BCUT2D eigenvalue weighted by atomic mass is 16.5. The third-order valence-corrected chi connectivity index (χ3v) is 2.78. The SMILES string of the molecule is CCCCCOC(C)CCOc1ccc(O)cc1. The van der Waals surface area contributed by atoms with Gasteiger partial charge in [0.1, 0.15) is 11.5 Å². The van der Waals surface area contributed by atoms with Crippen LogP contribution in [0.3, 0.4) is 0 Å². The van der Waals surface area contributed by atoms with Gasteiger partial charge in [0.15, 0.2) is 0 Å². The highest BCUT2D eigenvalue weighted by molar-refractivity contribution is 5.29. The Balaban J connectivity index is 2.07. The van der Waals surface area contributed by atoms with Gasteiger partial charge in [0.2, 0.25) is 0 Å². The van der Waals surface area contributed by atoms with E-state index in [1.165, 1.54) is 12.8 Å². The average molecular weight is 252 g/mol. The molecular weight excluding hydrogens is 228 g/mol. The topological polar surface area (TPSA) is 38.7 Å². The van der Waals surface area contributed by atoms with E-state index in [4.69, 9.17) is 14.6 Å². The van der Waals surface area contributed by atoms with Crippen LogP contribution < -0.4 is 4.74 Å². The molecule has 0 heterocycles. The number of unbranched alkanes of at least 4 members (excludes halogenated alkanes) is 2. The lowest BCUT2D eigenvalue weighted by molar-refractivity contribution is 0.0482. The van der Waals surface area contributed by atoms with E-state index in [0.29, 0.717) is 6.61 Å². The van der Waals surface area contributed by atoms with Gasteiger partial charge in [-0.3, -0.25) is 0 Å². The van der Waals surface area contributed by atoms with Crippen molar-refractivity contribution in [1.29, 1.82) is 0 Å². The van der Waals surface area contributed by atoms with Crippen LogP contribution in [0.15, 0.2) is 24.3 Å². The molecule has 0 fully saturated rings. The summed E-state index contributed by atoms with van der Waals surface area (Å²) in [5.74, 6) is 1.04. The van der Waals surface area contributed by atoms with E-state index in [9.17, 15) is 0 Å². The second-order valence-electron chi connectivity index (χ2n) is 4.52. The van der Waals surface area contributed by atoms with E-state index in [-0.39, 0.29) is 11.9 Å². The van der Waals surface area contributed by atoms with Crippen LogP contribution in [0.5, 0.6) is 11.5 Å². The van der Waals surface area contributed by atoms with Crippen LogP contribution in [-0.4, -0.2) is 24.4 Å². The number of aromatic hydroxyl groups is 1. The van der Waals surface area contributed by atoms with Gasteiger partial charge in [-0.2, -0.15) is 0 Å². The van der Waals surface area contributed by atoms with Crippen molar-refractivity contribution < 1.29 is 14.6 Å². The van der Waals surface area contributed by atoms with Gasteiger partial charge in [-0.1, -0.05) is 19.8 Å².